The standard InChI is InChI=1S/C13H9F3N2O2/c1-7-10(12(19)20)6-11(18-17-7)8-3-2-4-9(5-8)13(14,15)16/h2-6H,1H3,(H,19,20). The van der Waals surface area contributed by atoms with Crippen molar-refractivity contribution in [2.45, 2.75) is 13.1 Å². The van der Waals surface area contributed by atoms with Gasteiger partial charge in [-0.3, -0.25) is 0 Å². The Kier molecular flexibility index (Phi) is 3.44. The van der Waals surface area contributed by atoms with Crippen LogP contribution in [0.1, 0.15) is 21.6 Å². The van der Waals surface area contributed by atoms with Gasteiger partial charge in [-0.2, -0.15) is 23.4 Å². The molecule has 4 nitrogen and oxygen atoms in total. The van der Waals surface area contributed by atoms with Gasteiger partial charge in [0.15, 0.2) is 0 Å². The van der Waals surface area contributed by atoms with E-state index < -0.39 is 17.7 Å². The molecule has 0 aliphatic heterocycles. The number of rotatable bonds is 2. The van der Waals surface area contributed by atoms with E-state index in [0.717, 1.165) is 12.1 Å². The van der Waals surface area contributed by atoms with Gasteiger partial charge >= 0.3 is 12.1 Å². The minimum atomic E-state index is -4.47. The van der Waals surface area contributed by atoms with E-state index in [1.54, 1.807) is 0 Å². The van der Waals surface area contributed by atoms with Crippen molar-refractivity contribution in [1.82, 2.24) is 10.2 Å². The van der Waals surface area contributed by atoms with E-state index in [2.05, 4.69) is 10.2 Å². The molecular formula is C13H9F3N2O2. The Morgan fingerprint density at radius 3 is 2.50 bits per heavy atom. The minimum absolute atomic E-state index is 0.0825. The van der Waals surface area contributed by atoms with E-state index in [9.17, 15) is 18.0 Å². The van der Waals surface area contributed by atoms with Crippen LogP contribution in [0.25, 0.3) is 11.3 Å². The fourth-order valence-electron chi connectivity index (χ4n) is 1.67. The molecule has 1 N–H and O–H groups in total. The van der Waals surface area contributed by atoms with Gasteiger partial charge in [-0.05, 0) is 25.1 Å². The van der Waals surface area contributed by atoms with Crippen LogP contribution in [0, 0.1) is 6.92 Å². The van der Waals surface area contributed by atoms with Crippen LogP contribution < -0.4 is 0 Å². The zero-order valence-corrected chi connectivity index (χ0v) is 10.3. The Labute approximate surface area is 111 Å². The molecule has 0 spiro atoms. The second kappa shape index (κ2) is 4.92. The third-order valence-corrected chi connectivity index (χ3v) is 2.69. The minimum Gasteiger partial charge on any atom is -0.478 e. The van der Waals surface area contributed by atoms with Crippen LogP contribution in [0.3, 0.4) is 0 Å². The van der Waals surface area contributed by atoms with E-state index in [1.165, 1.54) is 25.1 Å². The van der Waals surface area contributed by atoms with Crippen LogP contribution in [-0.4, -0.2) is 21.3 Å². The number of aryl methyl sites for hydroxylation is 1. The smallest absolute Gasteiger partial charge is 0.416 e. The predicted molar refractivity (Wildman–Crippen MR) is 64.2 cm³/mol. The van der Waals surface area contributed by atoms with Gasteiger partial charge in [0.1, 0.15) is 0 Å². The molecule has 0 amide bonds. The molecule has 0 radical (unpaired) electrons. The number of nitrogens with zero attached hydrogens (tertiary/aromatic N) is 2. The van der Waals surface area contributed by atoms with Gasteiger partial charge in [0.2, 0.25) is 0 Å². The lowest BCUT2D eigenvalue weighted by Gasteiger charge is -2.09. The van der Waals surface area contributed by atoms with Crippen LogP contribution in [-0.2, 0) is 6.18 Å². The largest absolute Gasteiger partial charge is 0.478 e. The number of aromatic carboxylic acids is 1. The fraction of sp³-hybridized carbons (Fsp3) is 0.154. The molecule has 0 saturated carbocycles. The number of benzene rings is 1. The van der Waals surface area contributed by atoms with E-state index in [4.69, 9.17) is 5.11 Å². The molecule has 0 aliphatic carbocycles. The molecule has 20 heavy (non-hydrogen) atoms. The van der Waals surface area contributed by atoms with Crippen molar-refractivity contribution in [2.75, 3.05) is 0 Å². The third kappa shape index (κ3) is 2.76. The molecule has 2 rings (SSSR count). The number of halogens is 3. The summed E-state index contributed by atoms with van der Waals surface area (Å²) in [6.07, 6.45) is -4.47. The molecule has 0 bridgehead atoms. The average Bonchev–Trinajstić information content (AvgIpc) is 2.38. The zero-order chi connectivity index (χ0) is 14.9. The molecule has 1 aromatic heterocycles. The lowest BCUT2D eigenvalue weighted by molar-refractivity contribution is -0.137. The molecule has 0 aliphatic rings. The molecule has 0 fully saturated rings. The van der Waals surface area contributed by atoms with Gasteiger partial charge in [-0.25, -0.2) is 4.79 Å². The summed E-state index contributed by atoms with van der Waals surface area (Å²) < 4.78 is 37.9. The lowest BCUT2D eigenvalue weighted by Crippen LogP contribution is -2.06. The van der Waals surface area contributed by atoms with E-state index in [1.807, 2.05) is 0 Å². The third-order valence-electron chi connectivity index (χ3n) is 2.69. The topological polar surface area (TPSA) is 63.1 Å². The number of carbonyl (C=O) groups is 1. The highest BCUT2D eigenvalue weighted by Gasteiger charge is 2.30. The van der Waals surface area contributed by atoms with Crippen molar-refractivity contribution in [3.63, 3.8) is 0 Å². The molecular weight excluding hydrogens is 273 g/mol. The molecule has 104 valence electrons. The number of hydrogen-bond donors (Lipinski definition) is 1. The number of carboxylic acid groups (broad SMARTS) is 1. The van der Waals surface area contributed by atoms with E-state index >= 15 is 0 Å². The fourth-order valence-corrected chi connectivity index (χ4v) is 1.67. The van der Waals surface area contributed by atoms with Gasteiger partial charge in [-0.1, -0.05) is 12.1 Å². The summed E-state index contributed by atoms with van der Waals surface area (Å²) in [4.78, 5) is 11.0. The first kappa shape index (κ1) is 14.0. The van der Waals surface area contributed by atoms with Crippen molar-refractivity contribution in [3.05, 3.63) is 47.2 Å². The maximum atomic E-state index is 12.6. The Bertz CT molecular complexity index is 669. The SMILES string of the molecule is Cc1nnc(-c2cccc(C(F)(F)F)c2)cc1C(=O)O. The summed E-state index contributed by atoms with van der Waals surface area (Å²) >= 11 is 0. The van der Waals surface area contributed by atoms with Crippen LogP contribution in [0.15, 0.2) is 30.3 Å². The summed E-state index contributed by atoms with van der Waals surface area (Å²) in [6.45, 7) is 1.46. The molecule has 1 heterocycles. The van der Waals surface area contributed by atoms with Crippen LogP contribution in [0.5, 0.6) is 0 Å². The molecule has 7 heteroatoms. The van der Waals surface area contributed by atoms with Gasteiger partial charge in [0.25, 0.3) is 0 Å². The van der Waals surface area contributed by atoms with Crippen molar-refractivity contribution >= 4 is 5.97 Å². The Hall–Kier alpha value is -2.44. The van der Waals surface area contributed by atoms with Crippen molar-refractivity contribution in [2.24, 2.45) is 0 Å². The quantitative estimate of drug-likeness (QED) is 0.919. The summed E-state index contributed by atoms with van der Waals surface area (Å²) in [5.74, 6) is -1.20. The molecule has 0 saturated heterocycles. The number of hydrogen-bond acceptors (Lipinski definition) is 3. The van der Waals surface area contributed by atoms with E-state index in [-0.39, 0.29) is 22.5 Å². The highest BCUT2D eigenvalue weighted by Crippen LogP contribution is 2.31. The van der Waals surface area contributed by atoms with Gasteiger partial charge < -0.3 is 5.11 Å². The molecule has 0 unspecified atom stereocenters. The van der Waals surface area contributed by atoms with Crippen LogP contribution in [0.4, 0.5) is 13.2 Å². The lowest BCUT2D eigenvalue weighted by atomic mass is 10.1. The zero-order valence-electron chi connectivity index (χ0n) is 10.3. The predicted octanol–water partition coefficient (Wildman–Crippen LogP) is 3.17. The summed E-state index contributed by atoms with van der Waals surface area (Å²) in [5.41, 5.74) is -0.469. The summed E-state index contributed by atoms with van der Waals surface area (Å²) in [6, 6.07) is 5.70. The van der Waals surface area contributed by atoms with Crippen molar-refractivity contribution in [3.8, 4) is 11.3 Å². The normalized spacial score (nSPS) is 11.4. The van der Waals surface area contributed by atoms with Crippen molar-refractivity contribution in [1.29, 1.82) is 0 Å². The number of carboxylic acids is 1. The van der Waals surface area contributed by atoms with Gasteiger partial charge in [0, 0.05) is 5.56 Å². The highest BCUT2D eigenvalue weighted by atomic mass is 19.4. The summed E-state index contributed by atoms with van der Waals surface area (Å²) in [7, 11) is 0. The maximum Gasteiger partial charge on any atom is 0.416 e. The van der Waals surface area contributed by atoms with E-state index in [0.29, 0.717) is 0 Å². The Morgan fingerprint density at radius 2 is 1.90 bits per heavy atom. The summed E-state index contributed by atoms with van der Waals surface area (Å²) in [5, 5.41) is 16.4. The van der Waals surface area contributed by atoms with Gasteiger partial charge in [0.05, 0.1) is 22.5 Å². The maximum absolute atomic E-state index is 12.6. The monoisotopic (exact) mass is 282 g/mol. The first-order valence-corrected chi connectivity index (χ1v) is 5.54. The second-order valence-corrected chi connectivity index (χ2v) is 4.11. The Balaban J connectivity index is 2.52. The first-order valence-electron chi connectivity index (χ1n) is 5.54. The number of alkyl halides is 3. The average molecular weight is 282 g/mol. The van der Waals surface area contributed by atoms with Crippen LogP contribution in [0.2, 0.25) is 0 Å². The highest BCUT2D eigenvalue weighted by molar-refractivity contribution is 5.89. The number of aromatic nitrogens is 2. The second-order valence-electron chi connectivity index (χ2n) is 4.11. The van der Waals surface area contributed by atoms with Crippen molar-refractivity contribution < 1.29 is 23.1 Å². The molecule has 1 aromatic carbocycles. The first-order chi connectivity index (χ1) is 9.29. The van der Waals surface area contributed by atoms with Gasteiger partial charge in [-0.15, -0.1) is 0 Å². The molecule has 2 aromatic rings. The van der Waals surface area contributed by atoms with Crippen LogP contribution >= 0.6 is 0 Å². The molecule has 0 atom stereocenters. The Morgan fingerprint density at radius 1 is 1.20 bits per heavy atom.